The molecule has 164 valence electrons. The molecule has 2 saturated heterocycles. The Morgan fingerprint density at radius 1 is 1.07 bits per heavy atom. The molecule has 5 fully saturated rings. The highest BCUT2D eigenvalue weighted by Gasteiger charge is 2.66. The number of likely N-dealkylation sites (tertiary alicyclic amines) is 1. The second kappa shape index (κ2) is 8.89. The van der Waals surface area contributed by atoms with E-state index in [1.54, 1.807) is 0 Å². The fourth-order valence-electron chi connectivity index (χ4n) is 6.65. The molecule has 2 N–H and O–H groups in total. The van der Waals surface area contributed by atoms with Crippen molar-refractivity contribution in [3.05, 3.63) is 0 Å². The van der Waals surface area contributed by atoms with Crippen molar-refractivity contribution in [2.24, 2.45) is 22.2 Å². The Balaban J connectivity index is 0.00000205. The molecule has 3 saturated carbocycles. The number of ether oxygens (including phenoxy) is 1. The number of guanidine groups is 1. The molecule has 2 heterocycles. The Hall–Kier alpha value is -0.570. The predicted molar refractivity (Wildman–Crippen MR) is 125 cm³/mol. The highest BCUT2D eigenvalue weighted by atomic mass is 127. The van der Waals surface area contributed by atoms with Crippen LogP contribution in [0, 0.1) is 17.3 Å². The summed E-state index contributed by atoms with van der Waals surface area (Å²) < 4.78 is 6.04. The fourth-order valence-corrected chi connectivity index (χ4v) is 6.65. The molecule has 4 unspecified atom stereocenters. The first kappa shape index (κ1) is 21.7. The first-order chi connectivity index (χ1) is 13.7. The predicted octanol–water partition coefficient (Wildman–Crippen LogP) is 2.91. The van der Waals surface area contributed by atoms with Crippen LogP contribution >= 0.6 is 24.0 Å². The zero-order chi connectivity index (χ0) is 19.1. The van der Waals surface area contributed by atoms with E-state index >= 15 is 0 Å². The first-order valence-electron chi connectivity index (χ1n) is 11.6. The van der Waals surface area contributed by atoms with Gasteiger partial charge in [0.25, 0.3) is 0 Å². The number of hydrogen-bond acceptors (Lipinski definition) is 3. The lowest BCUT2D eigenvalue weighted by atomic mass is 9.46. The van der Waals surface area contributed by atoms with Gasteiger partial charge < -0.3 is 20.3 Å². The fraction of sp³-hybridized carbons (Fsp3) is 0.909. The number of carbonyl (C=O) groups excluding carboxylic acids is 1. The highest BCUT2D eigenvalue weighted by Crippen LogP contribution is 2.62. The average molecular weight is 516 g/mol. The molecule has 5 aliphatic rings. The lowest BCUT2D eigenvalue weighted by Crippen LogP contribution is -2.72. The van der Waals surface area contributed by atoms with Crippen LogP contribution in [0.5, 0.6) is 0 Å². The summed E-state index contributed by atoms with van der Waals surface area (Å²) in [6.07, 6.45) is 12.5. The van der Waals surface area contributed by atoms with E-state index in [9.17, 15) is 4.79 Å². The maximum Gasteiger partial charge on any atom is 0.225 e. The van der Waals surface area contributed by atoms with Crippen molar-refractivity contribution in [2.75, 3.05) is 26.7 Å². The molecule has 0 radical (unpaired) electrons. The molecule has 3 aliphatic carbocycles. The standard InChI is InChI=1S/C22H36N4O2.HI/c1-23-21(25-18-17-9-13-28-19(17)22(18)10-5-11-22)24-16-8-12-26(14-16)20(27)15-6-3-2-4-7-15;/h15-19H,2-14H2,1H3,(H2,23,24,25);1H. The van der Waals surface area contributed by atoms with Gasteiger partial charge in [-0.15, -0.1) is 24.0 Å². The van der Waals surface area contributed by atoms with Gasteiger partial charge in [0.05, 0.1) is 6.10 Å². The molecular formula is C22H37IN4O2. The molecule has 2 aliphatic heterocycles. The second-order valence-electron chi connectivity index (χ2n) is 9.77. The molecule has 29 heavy (non-hydrogen) atoms. The average Bonchev–Trinajstić information content (AvgIpc) is 3.32. The van der Waals surface area contributed by atoms with E-state index in [2.05, 4.69) is 20.5 Å². The minimum Gasteiger partial charge on any atom is -0.377 e. The van der Waals surface area contributed by atoms with Gasteiger partial charge in [-0.25, -0.2) is 0 Å². The summed E-state index contributed by atoms with van der Waals surface area (Å²) in [6, 6.07) is 0.813. The molecule has 5 rings (SSSR count). The van der Waals surface area contributed by atoms with Gasteiger partial charge in [-0.05, 0) is 38.5 Å². The summed E-state index contributed by atoms with van der Waals surface area (Å²) in [4.78, 5) is 19.4. The molecule has 1 amide bonds. The van der Waals surface area contributed by atoms with Crippen molar-refractivity contribution in [1.29, 1.82) is 0 Å². The molecule has 0 aromatic heterocycles. The quantitative estimate of drug-likeness (QED) is 0.344. The Bertz CT molecular complexity index is 632. The molecule has 7 heteroatoms. The van der Waals surface area contributed by atoms with Gasteiger partial charge >= 0.3 is 0 Å². The van der Waals surface area contributed by atoms with Crippen LogP contribution in [0.1, 0.15) is 64.2 Å². The summed E-state index contributed by atoms with van der Waals surface area (Å²) in [5.74, 6) is 2.23. The molecule has 0 aromatic rings. The normalized spacial score (nSPS) is 36.0. The van der Waals surface area contributed by atoms with E-state index in [-0.39, 0.29) is 29.9 Å². The van der Waals surface area contributed by atoms with Gasteiger partial charge in [0.15, 0.2) is 5.96 Å². The van der Waals surface area contributed by atoms with E-state index in [0.29, 0.717) is 35.4 Å². The van der Waals surface area contributed by atoms with Crippen molar-refractivity contribution >= 4 is 35.8 Å². The monoisotopic (exact) mass is 516 g/mol. The lowest BCUT2D eigenvalue weighted by Gasteiger charge is -2.63. The Kier molecular flexibility index (Phi) is 6.64. The summed E-state index contributed by atoms with van der Waals surface area (Å²) in [6.45, 7) is 2.62. The molecule has 0 bridgehead atoms. The molecule has 1 spiro atoms. The Morgan fingerprint density at radius 3 is 2.55 bits per heavy atom. The topological polar surface area (TPSA) is 66.0 Å². The Labute approximate surface area is 192 Å². The number of amides is 1. The largest absolute Gasteiger partial charge is 0.377 e. The number of nitrogens with zero attached hydrogens (tertiary/aromatic N) is 2. The minimum absolute atomic E-state index is 0. The lowest BCUT2D eigenvalue weighted by molar-refractivity contribution is -0.171. The zero-order valence-electron chi connectivity index (χ0n) is 17.7. The number of halogens is 1. The third-order valence-electron chi connectivity index (χ3n) is 8.35. The number of aliphatic imine (C=N–C) groups is 1. The maximum absolute atomic E-state index is 12.8. The van der Waals surface area contributed by atoms with Crippen molar-refractivity contribution in [1.82, 2.24) is 15.5 Å². The van der Waals surface area contributed by atoms with E-state index < -0.39 is 0 Å². The van der Waals surface area contributed by atoms with Crippen LogP contribution in [0.25, 0.3) is 0 Å². The van der Waals surface area contributed by atoms with E-state index in [0.717, 1.165) is 44.9 Å². The van der Waals surface area contributed by atoms with Crippen LogP contribution < -0.4 is 10.6 Å². The number of carbonyl (C=O) groups is 1. The van der Waals surface area contributed by atoms with Crippen LogP contribution in [0.4, 0.5) is 0 Å². The van der Waals surface area contributed by atoms with E-state index in [1.807, 2.05) is 7.05 Å². The molecule has 6 nitrogen and oxygen atoms in total. The second-order valence-corrected chi connectivity index (χ2v) is 9.77. The van der Waals surface area contributed by atoms with Crippen LogP contribution in [0.3, 0.4) is 0 Å². The van der Waals surface area contributed by atoms with E-state index in [1.165, 1.54) is 44.9 Å². The smallest absolute Gasteiger partial charge is 0.225 e. The number of rotatable bonds is 3. The third-order valence-corrected chi connectivity index (χ3v) is 8.35. The van der Waals surface area contributed by atoms with Gasteiger partial charge in [0.2, 0.25) is 5.91 Å². The number of hydrogen-bond donors (Lipinski definition) is 2. The maximum atomic E-state index is 12.8. The van der Waals surface area contributed by atoms with E-state index in [4.69, 9.17) is 4.74 Å². The summed E-state index contributed by atoms with van der Waals surface area (Å²) in [5.41, 5.74) is 0.359. The van der Waals surface area contributed by atoms with Crippen LogP contribution in [0.2, 0.25) is 0 Å². The van der Waals surface area contributed by atoms with Crippen LogP contribution in [0.15, 0.2) is 4.99 Å². The van der Waals surface area contributed by atoms with Gasteiger partial charge in [-0.2, -0.15) is 0 Å². The van der Waals surface area contributed by atoms with Crippen LogP contribution in [-0.2, 0) is 9.53 Å². The Morgan fingerprint density at radius 2 is 1.86 bits per heavy atom. The molecular weight excluding hydrogens is 479 g/mol. The van der Waals surface area contributed by atoms with Crippen molar-refractivity contribution in [3.63, 3.8) is 0 Å². The summed E-state index contributed by atoms with van der Waals surface area (Å²) in [5, 5.41) is 7.38. The van der Waals surface area contributed by atoms with Crippen molar-refractivity contribution in [3.8, 4) is 0 Å². The van der Waals surface area contributed by atoms with Crippen molar-refractivity contribution < 1.29 is 9.53 Å². The summed E-state index contributed by atoms with van der Waals surface area (Å²) in [7, 11) is 1.87. The third kappa shape index (κ3) is 3.79. The number of nitrogens with one attached hydrogen (secondary N) is 2. The first-order valence-corrected chi connectivity index (χ1v) is 11.6. The zero-order valence-corrected chi connectivity index (χ0v) is 20.0. The van der Waals surface area contributed by atoms with Gasteiger partial charge in [0, 0.05) is 56.1 Å². The molecule has 4 atom stereocenters. The SMILES string of the molecule is CN=C(NC1CCN(C(=O)C2CCCCC2)C1)NC1C2CCOC2C12CCC2.I. The minimum atomic E-state index is 0. The number of fused-ring (bicyclic) bond motifs is 2. The summed E-state index contributed by atoms with van der Waals surface area (Å²) >= 11 is 0. The van der Waals surface area contributed by atoms with Gasteiger partial charge in [0.1, 0.15) is 0 Å². The van der Waals surface area contributed by atoms with Gasteiger partial charge in [-0.1, -0.05) is 25.7 Å². The van der Waals surface area contributed by atoms with Crippen LogP contribution in [-0.4, -0.2) is 61.7 Å². The van der Waals surface area contributed by atoms with Crippen molar-refractivity contribution in [2.45, 2.75) is 82.4 Å². The highest BCUT2D eigenvalue weighted by molar-refractivity contribution is 14.0. The molecule has 0 aromatic carbocycles. The van der Waals surface area contributed by atoms with Gasteiger partial charge in [-0.3, -0.25) is 9.79 Å².